The molecule has 1 aliphatic heterocycles. The first-order valence-electron chi connectivity index (χ1n) is 6.19. The largest absolute Gasteiger partial charge is 0.366 e. The molecule has 2 N–H and O–H groups in total. The lowest BCUT2D eigenvalue weighted by Crippen LogP contribution is -2.43. The molecule has 1 aliphatic carbocycles. The van der Waals surface area contributed by atoms with Crippen LogP contribution < -0.4 is 5.73 Å². The summed E-state index contributed by atoms with van der Waals surface area (Å²) < 4.78 is 6.09. The Hall–Kier alpha value is -0.860. The molecule has 1 saturated carbocycles. The van der Waals surface area contributed by atoms with E-state index in [9.17, 15) is 0 Å². The highest BCUT2D eigenvalue weighted by molar-refractivity contribution is 5.36. The molecule has 1 unspecified atom stereocenters. The van der Waals surface area contributed by atoms with Crippen molar-refractivity contribution in [3.05, 3.63) is 35.4 Å². The van der Waals surface area contributed by atoms with E-state index >= 15 is 0 Å². The molecule has 1 spiro atoms. The molecule has 1 heterocycles. The third-order valence-corrected chi connectivity index (χ3v) is 4.31. The van der Waals surface area contributed by atoms with E-state index in [1.54, 1.807) is 0 Å². The first-order valence-corrected chi connectivity index (χ1v) is 6.19. The maximum absolute atomic E-state index is 6.21. The lowest BCUT2D eigenvalue weighted by atomic mass is 9.73. The second-order valence-corrected chi connectivity index (χ2v) is 5.32. The van der Waals surface area contributed by atoms with E-state index in [0.717, 1.165) is 19.4 Å². The molecule has 0 aromatic heterocycles. The summed E-state index contributed by atoms with van der Waals surface area (Å²) in [5.74, 6) is 0.627. The van der Waals surface area contributed by atoms with Crippen LogP contribution in [0.15, 0.2) is 24.3 Å². The van der Waals surface area contributed by atoms with Gasteiger partial charge in [0.25, 0.3) is 0 Å². The standard InChI is InChI=1S/C14H19NO/c1-10-6-7-14(8-13(10)15)12-5-3-2-4-11(12)9-16-14/h2-5,10,13H,6-9,15H2,1H3/t10-,13-,14?/m0/s1. The lowest BCUT2D eigenvalue weighted by molar-refractivity contribution is -0.0764. The molecule has 2 aliphatic rings. The zero-order valence-electron chi connectivity index (χ0n) is 9.78. The molecule has 1 aromatic rings. The molecular formula is C14H19NO. The molecule has 0 amide bonds. The van der Waals surface area contributed by atoms with Gasteiger partial charge >= 0.3 is 0 Å². The van der Waals surface area contributed by atoms with E-state index in [-0.39, 0.29) is 11.6 Å². The molecule has 3 rings (SSSR count). The topological polar surface area (TPSA) is 35.2 Å². The van der Waals surface area contributed by atoms with Gasteiger partial charge < -0.3 is 10.5 Å². The third kappa shape index (κ3) is 1.40. The summed E-state index contributed by atoms with van der Waals surface area (Å²) in [7, 11) is 0. The number of rotatable bonds is 0. The van der Waals surface area contributed by atoms with Gasteiger partial charge in [0.05, 0.1) is 12.2 Å². The number of fused-ring (bicyclic) bond motifs is 2. The zero-order valence-corrected chi connectivity index (χ0v) is 9.78. The number of ether oxygens (including phenoxy) is 1. The smallest absolute Gasteiger partial charge is 0.0954 e. The summed E-state index contributed by atoms with van der Waals surface area (Å²) in [4.78, 5) is 0. The molecule has 0 saturated heterocycles. The Kier molecular flexibility index (Phi) is 2.30. The minimum Gasteiger partial charge on any atom is -0.366 e. The van der Waals surface area contributed by atoms with Crippen molar-refractivity contribution >= 4 is 0 Å². The van der Waals surface area contributed by atoms with Crippen molar-refractivity contribution in [2.75, 3.05) is 0 Å². The minimum atomic E-state index is -0.0669. The SMILES string of the molecule is C[C@H]1CCC2(C[C@@H]1N)OCc1ccccc12. The predicted octanol–water partition coefficient (Wildman–Crippen LogP) is 2.56. The highest BCUT2D eigenvalue weighted by atomic mass is 16.5. The van der Waals surface area contributed by atoms with Gasteiger partial charge in [0, 0.05) is 6.04 Å². The average Bonchev–Trinajstić information content (AvgIpc) is 2.65. The van der Waals surface area contributed by atoms with Gasteiger partial charge in [0.2, 0.25) is 0 Å². The summed E-state index contributed by atoms with van der Waals surface area (Å²) in [6.45, 7) is 3.01. The quantitative estimate of drug-likeness (QED) is 0.725. The van der Waals surface area contributed by atoms with Crippen LogP contribution in [0.1, 0.15) is 37.3 Å². The second-order valence-electron chi connectivity index (χ2n) is 5.32. The molecule has 1 aromatic carbocycles. The molecule has 86 valence electrons. The van der Waals surface area contributed by atoms with Gasteiger partial charge in [0.15, 0.2) is 0 Å². The minimum absolute atomic E-state index is 0.0669. The molecule has 0 radical (unpaired) electrons. The van der Waals surface area contributed by atoms with E-state index < -0.39 is 0 Å². The Morgan fingerprint density at radius 1 is 1.38 bits per heavy atom. The van der Waals surface area contributed by atoms with Crippen LogP contribution in [0.3, 0.4) is 0 Å². The van der Waals surface area contributed by atoms with E-state index in [0.29, 0.717) is 5.92 Å². The van der Waals surface area contributed by atoms with Crippen molar-refractivity contribution in [2.24, 2.45) is 11.7 Å². The van der Waals surface area contributed by atoms with Gasteiger partial charge in [-0.3, -0.25) is 0 Å². The van der Waals surface area contributed by atoms with Gasteiger partial charge in [-0.1, -0.05) is 31.2 Å². The first kappa shape index (κ1) is 10.3. The van der Waals surface area contributed by atoms with Crippen molar-refractivity contribution < 1.29 is 4.74 Å². The predicted molar refractivity (Wildman–Crippen MR) is 63.9 cm³/mol. The van der Waals surface area contributed by atoms with Crippen LogP contribution in [0.4, 0.5) is 0 Å². The van der Waals surface area contributed by atoms with Gasteiger partial charge in [0.1, 0.15) is 0 Å². The van der Waals surface area contributed by atoms with Gasteiger partial charge in [-0.2, -0.15) is 0 Å². The lowest BCUT2D eigenvalue weighted by Gasteiger charge is -2.40. The highest BCUT2D eigenvalue weighted by Gasteiger charge is 2.44. The van der Waals surface area contributed by atoms with Gasteiger partial charge in [-0.25, -0.2) is 0 Å². The van der Waals surface area contributed by atoms with Gasteiger partial charge in [-0.15, -0.1) is 0 Å². The van der Waals surface area contributed by atoms with E-state index in [2.05, 4.69) is 31.2 Å². The molecule has 2 nitrogen and oxygen atoms in total. The van der Waals surface area contributed by atoms with E-state index in [1.165, 1.54) is 17.5 Å². The van der Waals surface area contributed by atoms with Crippen molar-refractivity contribution in [3.8, 4) is 0 Å². The maximum Gasteiger partial charge on any atom is 0.0954 e. The fourth-order valence-electron chi connectivity index (χ4n) is 3.12. The summed E-state index contributed by atoms with van der Waals surface area (Å²) in [5, 5.41) is 0. The number of hydrogen-bond donors (Lipinski definition) is 1. The van der Waals surface area contributed by atoms with Crippen molar-refractivity contribution in [2.45, 2.75) is 44.4 Å². The van der Waals surface area contributed by atoms with Crippen molar-refractivity contribution in [1.29, 1.82) is 0 Å². The summed E-state index contributed by atoms with van der Waals surface area (Å²) in [6.07, 6.45) is 3.28. The molecule has 0 bridgehead atoms. The fourth-order valence-corrected chi connectivity index (χ4v) is 3.12. The van der Waals surface area contributed by atoms with Crippen LogP contribution >= 0.6 is 0 Å². The monoisotopic (exact) mass is 217 g/mol. The fraction of sp³-hybridized carbons (Fsp3) is 0.571. The van der Waals surface area contributed by atoms with Crippen LogP contribution in [0.2, 0.25) is 0 Å². The summed E-state index contributed by atoms with van der Waals surface area (Å²) in [6, 6.07) is 8.87. The molecule has 2 heteroatoms. The third-order valence-electron chi connectivity index (χ3n) is 4.31. The van der Waals surface area contributed by atoms with Crippen LogP contribution in [-0.2, 0) is 16.9 Å². The number of benzene rings is 1. The highest BCUT2D eigenvalue weighted by Crippen LogP contribution is 2.47. The van der Waals surface area contributed by atoms with E-state index in [1.807, 2.05) is 0 Å². The molecule has 3 atom stereocenters. The Morgan fingerprint density at radius 2 is 2.19 bits per heavy atom. The van der Waals surface area contributed by atoms with Crippen molar-refractivity contribution in [1.82, 2.24) is 0 Å². The Balaban J connectivity index is 1.96. The Bertz CT molecular complexity index is 403. The van der Waals surface area contributed by atoms with Crippen LogP contribution in [0.5, 0.6) is 0 Å². The van der Waals surface area contributed by atoms with Crippen LogP contribution in [0, 0.1) is 5.92 Å². The number of hydrogen-bond acceptors (Lipinski definition) is 2. The first-order chi connectivity index (χ1) is 7.71. The summed E-state index contributed by atoms with van der Waals surface area (Å²) in [5.41, 5.74) is 8.88. The molecule has 1 fully saturated rings. The van der Waals surface area contributed by atoms with Crippen molar-refractivity contribution in [3.63, 3.8) is 0 Å². The Labute approximate surface area is 96.8 Å². The van der Waals surface area contributed by atoms with Crippen LogP contribution in [-0.4, -0.2) is 6.04 Å². The normalized spacial score (nSPS) is 37.6. The zero-order chi connectivity index (χ0) is 11.2. The number of nitrogens with two attached hydrogens (primary N) is 1. The van der Waals surface area contributed by atoms with E-state index in [4.69, 9.17) is 10.5 Å². The second kappa shape index (κ2) is 3.57. The molecule has 16 heavy (non-hydrogen) atoms. The maximum atomic E-state index is 6.21. The van der Waals surface area contributed by atoms with Crippen LogP contribution in [0.25, 0.3) is 0 Å². The van der Waals surface area contributed by atoms with Gasteiger partial charge in [-0.05, 0) is 36.3 Å². The summed E-state index contributed by atoms with van der Waals surface area (Å²) >= 11 is 0. The Morgan fingerprint density at radius 3 is 3.00 bits per heavy atom. The average molecular weight is 217 g/mol. The molecular weight excluding hydrogens is 198 g/mol.